The molecule has 0 amide bonds. The Kier molecular flexibility index (Phi) is 17.7. The lowest BCUT2D eigenvalue weighted by Gasteiger charge is -2.32. The van der Waals surface area contributed by atoms with Crippen molar-refractivity contribution in [3.05, 3.63) is 128 Å². The van der Waals surface area contributed by atoms with E-state index in [2.05, 4.69) is 66.3 Å². The van der Waals surface area contributed by atoms with E-state index in [9.17, 15) is 9.59 Å². The van der Waals surface area contributed by atoms with Gasteiger partial charge in [0.2, 0.25) is 0 Å². The zero-order valence-corrected chi connectivity index (χ0v) is 38.6. The molecule has 348 valence electrons. The quantitative estimate of drug-likeness (QED) is 0.110. The van der Waals surface area contributed by atoms with Crippen LogP contribution in [0.25, 0.3) is 22.1 Å². The maximum atomic E-state index is 12.5. The first-order valence-corrected chi connectivity index (χ1v) is 23.0. The molecule has 14 heteroatoms. The average molecular weight is 887 g/mol. The SMILES string of the molecule is C.CCc1cnc(CNC2CCN(CCn3c(=O)ccc4ncc(C)cc43)CC2)cc1OC.CCc1cnc(CNC2CCN(CCn3c(=O)ccc4ncc(C)cc43)CC2)cc1OC. The van der Waals surface area contributed by atoms with Gasteiger partial charge in [0.15, 0.2) is 0 Å². The maximum Gasteiger partial charge on any atom is 0.251 e. The molecule has 2 aliphatic heterocycles. The summed E-state index contributed by atoms with van der Waals surface area (Å²) in [5.41, 5.74) is 10.1. The number of methoxy groups -OCH3 is 2. The van der Waals surface area contributed by atoms with E-state index in [4.69, 9.17) is 9.47 Å². The summed E-state index contributed by atoms with van der Waals surface area (Å²) in [6.45, 7) is 17.0. The minimum atomic E-state index is 0. The number of nitrogens with zero attached hydrogens (tertiary/aromatic N) is 8. The first-order chi connectivity index (χ1) is 31.1. The van der Waals surface area contributed by atoms with Gasteiger partial charge in [0.25, 0.3) is 11.1 Å². The van der Waals surface area contributed by atoms with Gasteiger partial charge in [-0.25, -0.2) is 0 Å². The number of rotatable bonds is 16. The monoisotopic (exact) mass is 887 g/mol. The van der Waals surface area contributed by atoms with Crippen molar-refractivity contribution in [2.24, 2.45) is 0 Å². The average Bonchev–Trinajstić information content (AvgIpc) is 3.32. The minimum absolute atomic E-state index is 0. The molecular weight excluding hydrogens is 817 g/mol. The van der Waals surface area contributed by atoms with Crippen LogP contribution in [0.5, 0.6) is 11.5 Å². The Morgan fingerprint density at radius 1 is 0.569 bits per heavy atom. The topological polar surface area (TPSA) is 145 Å². The third-order valence-corrected chi connectivity index (χ3v) is 12.8. The van der Waals surface area contributed by atoms with Crippen LogP contribution < -0.4 is 31.2 Å². The summed E-state index contributed by atoms with van der Waals surface area (Å²) in [6.07, 6.45) is 13.7. The first kappa shape index (κ1) is 48.9. The van der Waals surface area contributed by atoms with Crippen LogP contribution in [-0.2, 0) is 39.0 Å². The molecule has 2 aliphatic rings. The van der Waals surface area contributed by atoms with Crippen LogP contribution in [0, 0.1) is 13.8 Å². The smallest absolute Gasteiger partial charge is 0.251 e. The zero-order chi connectivity index (χ0) is 45.0. The standard InChI is InChI=1S/2C25H33N5O2.CH4/c2*1-4-19-16-26-21(14-24(19)32-3)17-27-20-7-9-29(10-8-20)11-12-30-23-13-18(2)15-28-22(23)5-6-25(30)31;/h2*5-6,13-16,20,27H,4,7-12,17H2,1-3H3;1H4. The fourth-order valence-corrected chi connectivity index (χ4v) is 8.81. The molecule has 0 saturated carbocycles. The number of aromatic nitrogens is 6. The molecule has 8 heterocycles. The van der Waals surface area contributed by atoms with Gasteiger partial charge in [-0.3, -0.25) is 29.5 Å². The van der Waals surface area contributed by atoms with Crippen LogP contribution >= 0.6 is 0 Å². The van der Waals surface area contributed by atoms with E-state index in [1.807, 2.05) is 72.0 Å². The number of ether oxygens (including phenoxy) is 2. The summed E-state index contributed by atoms with van der Waals surface area (Å²) in [4.78, 5) is 47.9. The van der Waals surface area contributed by atoms with E-state index >= 15 is 0 Å². The molecular formula is C51H70N10O4. The molecule has 0 spiro atoms. The second-order valence-electron chi connectivity index (χ2n) is 17.2. The van der Waals surface area contributed by atoms with Crippen LogP contribution in [0.2, 0.25) is 0 Å². The zero-order valence-electron chi connectivity index (χ0n) is 38.6. The van der Waals surface area contributed by atoms with E-state index in [0.717, 1.165) is 158 Å². The highest BCUT2D eigenvalue weighted by Gasteiger charge is 2.21. The van der Waals surface area contributed by atoms with Crippen molar-refractivity contribution in [1.82, 2.24) is 49.5 Å². The number of aryl methyl sites for hydroxylation is 4. The van der Waals surface area contributed by atoms with Gasteiger partial charge in [-0.2, -0.15) is 0 Å². The minimum Gasteiger partial charge on any atom is -0.496 e. The molecule has 2 fully saturated rings. The van der Waals surface area contributed by atoms with Gasteiger partial charge in [-0.05, 0) is 114 Å². The fourth-order valence-electron chi connectivity index (χ4n) is 8.81. The molecule has 0 radical (unpaired) electrons. The summed E-state index contributed by atoms with van der Waals surface area (Å²) in [5.74, 6) is 1.84. The molecule has 0 atom stereocenters. The van der Waals surface area contributed by atoms with Gasteiger partial charge in [-0.15, -0.1) is 0 Å². The molecule has 0 unspecified atom stereocenters. The van der Waals surface area contributed by atoms with Gasteiger partial charge in [0.05, 0.1) is 47.7 Å². The predicted octanol–water partition coefficient (Wildman–Crippen LogP) is 6.49. The Balaban J connectivity index is 0.000000212. The summed E-state index contributed by atoms with van der Waals surface area (Å²) in [7, 11) is 3.43. The molecule has 65 heavy (non-hydrogen) atoms. The predicted molar refractivity (Wildman–Crippen MR) is 261 cm³/mol. The summed E-state index contributed by atoms with van der Waals surface area (Å²) in [6, 6.07) is 16.0. The second-order valence-corrected chi connectivity index (χ2v) is 17.2. The number of fused-ring (bicyclic) bond motifs is 2. The molecule has 8 rings (SSSR count). The molecule has 2 N–H and O–H groups in total. The summed E-state index contributed by atoms with van der Waals surface area (Å²) in [5, 5.41) is 7.30. The Bertz CT molecular complexity index is 2420. The van der Waals surface area contributed by atoms with Crippen LogP contribution in [0.15, 0.2) is 82.9 Å². The van der Waals surface area contributed by atoms with Gasteiger partial charge >= 0.3 is 0 Å². The number of pyridine rings is 6. The number of nitrogens with one attached hydrogen (secondary N) is 2. The lowest BCUT2D eigenvalue weighted by atomic mass is 10.0. The lowest BCUT2D eigenvalue weighted by Crippen LogP contribution is -2.43. The molecule has 2 saturated heterocycles. The van der Waals surface area contributed by atoms with Crippen molar-refractivity contribution in [1.29, 1.82) is 0 Å². The Labute approximate surface area is 384 Å². The highest BCUT2D eigenvalue weighted by atomic mass is 16.5. The number of piperidine rings is 2. The highest BCUT2D eigenvalue weighted by molar-refractivity contribution is 5.75. The molecule has 14 nitrogen and oxygen atoms in total. The summed E-state index contributed by atoms with van der Waals surface area (Å²) >= 11 is 0. The van der Waals surface area contributed by atoms with Crippen molar-refractivity contribution in [2.45, 2.75) is 112 Å². The maximum absolute atomic E-state index is 12.5. The second kappa shape index (κ2) is 23.6. The van der Waals surface area contributed by atoms with Crippen molar-refractivity contribution in [3.8, 4) is 11.5 Å². The summed E-state index contributed by atoms with van der Waals surface area (Å²) < 4.78 is 14.7. The fraction of sp³-hybridized carbons (Fsp3) is 0.490. The third kappa shape index (κ3) is 12.8. The number of hydrogen-bond acceptors (Lipinski definition) is 12. The highest BCUT2D eigenvalue weighted by Crippen LogP contribution is 2.21. The van der Waals surface area contributed by atoms with Crippen LogP contribution in [0.4, 0.5) is 0 Å². The van der Waals surface area contributed by atoms with Crippen LogP contribution in [0.3, 0.4) is 0 Å². The van der Waals surface area contributed by atoms with Gasteiger partial charge in [-0.1, -0.05) is 21.3 Å². The number of likely N-dealkylation sites (tertiary alicyclic amines) is 2. The van der Waals surface area contributed by atoms with Gasteiger partial charge in [0, 0.05) is 112 Å². The van der Waals surface area contributed by atoms with Crippen molar-refractivity contribution in [2.75, 3.05) is 53.5 Å². The lowest BCUT2D eigenvalue weighted by molar-refractivity contribution is 0.191. The van der Waals surface area contributed by atoms with E-state index < -0.39 is 0 Å². The molecule has 0 bridgehead atoms. The van der Waals surface area contributed by atoms with Crippen molar-refractivity contribution in [3.63, 3.8) is 0 Å². The van der Waals surface area contributed by atoms with Crippen LogP contribution in [0.1, 0.15) is 80.6 Å². The molecule has 6 aromatic rings. The Morgan fingerprint density at radius 2 is 0.969 bits per heavy atom. The van der Waals surface area contributed by atoms with Gasteiger partial charge in [0.1, 0.15) is 11.5 Å². The van der Waals surface area contributed by atoms with E-state index in [0.29, 0.717) is 25.2 Å². The van der Waals surface area contributed by atoms with Gasteiger partial charge < -0.3 is 39.0 Å². The largest absolute Gasteiger partial charge is 0.496 e. The number of hydrogen-bond donors (Lipinski definition) is 2. The first-order valence-electron chi connectivity index (χ1n) is 23.0. The molecule has 6 aromatic heterocycles. The Hall–Kier alpha value is -5.54. The third-order valence-electron chi connectivity index (χ3n) is 12.8. The van der Waals surface area contributed by atoms with E-state index in [-0.39, 0.29) is 18.5 Å². The van der Waals surface area contributed by atoms with E-state index in [1.54, 1.807) is 26.4 Å². The molecule has 0 aromatic carbocycles. The van der Waals surface area contributed by atoms with Crippen molar-refractivity contribution < 1.29 is 9.47 Å². The normalized spacial score (nSPS) is 15.1. The molecule has 0 aliphatic carbocycles. The van der Waals surface area contributed by atoms with Crippen LogP contribution in [-0.4, -0.2) is 104 Å². The van der Waals surface area contributed by atoms with Crippen molar-refractivity contribution >= 4 is 22.1 Å². The Morgan fingerprint density at radius 3 is 1.34 bits per heavy atom. The van der Waals surface area contributed by atoms with E-state index in [1.165, 1.54) is 0 Å².